The number of carbonyl (C=O) groups excluding carboxylic acids is 3. The minimum absolute atomic E-state index is 0.169. The van der Waals surface area contributed by atoms with Gasteiger partial charge in [0.2, 0.25) is 5.91 Å². The summed E-state index contributed by atoms with van der Waals surface area (Å²) in [6, 6.07) is 8.01. The van der Waals surface area contributed by atoms with E-state index >= 15 is 0 Å². The van der Waals surface area contributed by atoms with E-state index in [1.807, 2.05) is 0 Å². The van der Waals surface area contributed by atoms with Gasteiger partial charge in [-0.25, -0.2) is 4.79 Å². The lowest BCUT2D eigenvalue weighted by molar-refractivity contribution is -0.149. The Morgan fingerprint density at radius 1 is 1.26 bits per heavy atom. The van der Waals surface area contributed by atoms with Crippen LogP contribution in [0.4, 0.5) is 5.69 Å². The van der Waals surface area contributed by atoms with Crippen LogP contribution in [0.25, 0.3) is 0 Å². The van der Waals surface area contributed by atoms with Gasteiger partial charge in [0.1, 0.15) is 23.7 Å². The van der Waals surface area contributed by atoms with E-state index in [1.54, 1.807) is 30.3 Å². The third-order valence-corrected chi connectivity index (χ3v) is 5.65. The Hall–Kier alpha value is -2.81. The number of hydrogen-bond donors (Lipinski definition) is 1. The summed E-state index contributed by atoms with van der Waals surface area (Å²) >= 11 is 1.34. The molecule has 8 nitrogen and oxygen atoms in total. The maximum absolute atomic E-state index is 12.8. The molecule has 2 amide bonds. The molecular formula is C18H18N2O6S. The molecule has 142 valence electrons. The van der Waals surface area contributed by atoms with Crippen LogP contribution in [0.5, 0.6) is 0 Å². The van der Waals surface area contributed by atoms with Crippen molar-refractivity contribution >= 4 is 41.2 Å². The number of nitrogens with zero attached hydrogens (tertiary/aromatic N) is 2. The molecule has 1 aromatic rings. The molecule has 2 heterocycles. The Bertz CT molecular complexity index is 838. The van der Waals surface area contributed by atoms with Gasteiger partial charge in [0.25, 0.3) is 5.91 Å². The van der Waals surface area contributed by atoms with Crippen molar-refractivity contribution in [3.63, 3.8) is 0 Å². The van der Waals surface area contributed by atoms with E-state index in [0.29, 0.717) is 17.0 Å². The molecule has 9 heteroatoms. The van der Waals surface area contributed by atoms with Gasteiger partial charge in [0, 0.05) is 30.9 Å². The van der Waals surface area contributed by atoms with E-state index in [9.17, 15) is 24.3 Å². The van der Waals surface area contributed by atoms with Gasteiger partial charge in [-0.05, 0) is 12.1 Å². The number of thioether (sulfide) groups is 1. The molecule has 1 N–H and O–H groups in total. The number of esters is 1. The van der Waals surface area contributed by atoms with E-state index in [4.69, 9.17) is 4.74 Å². The van der Waals surface area contributed by atoms with Gasteiger partial charge in [0.05, 0.1) is 0 Å². The van der Waals surface area contributed by atoms with Gasteiger partial charge in [0.15, 0.2) is 0 Å². The van der Waals surface area contributed by atoms with Crippen LogP contribution in [-0.4, -0.2) is 57.5 Å². The van der Waals surface area contributed by atoms with Gasteiger partial charge in [-0.3, -0.25) is 24.2 Å². The molecule has 1 fully saturated rings. The maximum Gasteiger partial charge on any atom is 0.352 e. The molecule has 27 heavy (non-hydrogen) atoms. The number of ether oxygens (including phenoxy) is 1. The zero-order valence-corrected chi connectivity index (χ0v) is 15.6. The van der Waals surface area contributed by atoms with E-state index in [1.165, 1.54) is 35.4 Å². The Morgan fingerprint density at radius 3 is 2.48 bits per heavy atom. The van der Waals surface area contributed by atoms with Crippen LogP contribution in [-0.2, 0) is 23.9 Å². The predicted molar refractivity (Wildman–Crippen MR) is 97.8 cm³/mol. The van der Waals surface area contributed by atoms with Gasteiger partial charge < -0.3 is 9.84 Å². The highest BCUT2D eigenvalue weighted by Crippen LogP contribution is 2.43. The monoisotopic (exact) mass is 390 g/mol. The number of amides is 2. The lowest BCUT2D eigenvalue weighted by atomic mass is 10.0. The second-order valence-corrected chi connectivity index (χ2v) is 7.22. The Kier molecular flexibility index (Phi) is 5.22. The van der Waals surface area contributed by atoms with E-state index < -0.39 is 29.3 Å². The molecule has 0 bridgehead atoms. The molecule has 1 saturated heterocycles. The average molecular weight is 390 g/mol. The summed E-state index contributed by atoms with van der Waals surface area (Å²) < 4.78 is 4.91. The van der Waals surface area contributed by atoms with Crippen molar-refractivity contribution < 1.29 is 29.0 Å². The zero-order chi connectivity index (χ0) is 19.7. The summed E-state index contributed by atoms with van der Waals surface area (Å²) in [6.07, 6.45) is 0. The standard InChI is InChI=1S/C18H18N2O6S/c1-10(21)19(13-6-4-3-5-7-13)15-16(23)20-14(18(24)25)12(8-26-11(2)22)9-27-17(15)20/h3-7,15,17H,8-9H2,1-2H3,(H,24,25). The first-order valence-electron chi connectivity index (χ1n) is 8.21. The van der Waals surface area contributed by atoms with Crippen LogP contribution in [0.3, 0.4) is 0 Å². The molecular weight excluding hydrogens is 372 g/mol. The number of rotatable bonds is 5. The minimum atomic E-state index is -1.26. The summed E-state index contributed by atoms with van der Waals surface area (Å²) in [5.41, 5.74) is 0.771. The van der Waals surface area contributed by atoms with Gasteiger partial charge in [-0.2, -0.15) is 0 Å². The Morgan fingerprint density at radius 2 is 1.93 bits per heavy atom. The first-order valence-corrected chi connectivity index (χ1v) is 9.26. The fraction of sp³-hybridized carbons (Fsp3) is 0.333. The van der Waals surface area contributed by atoms with Crippen LogP contribution in [0, 0.1) is 0 Å². The maximum atomic E-state index is 12.8. The molecule has 2 aliphatic heterocycles. The molecule has 0 aliphatic carbocycles. The number of anilines is 1. The summed E-state index contributed by atoms with van der Waals surface area (Å²) in [7, 11) is 0. The summed E-state index contributed by atoms with van der Waals surface area (Å²) in [5, 5.41) is 9.08. The third kappa shape index (κ3) is 3.42. The SMILES string of the molecule is CC(=O)OCC1=C(C(=O)O)N2C(=O)C(N(C(C)=O)c3ccccc3)C2SC1. The third-order valence-electron chi connectivity index (χ3n) is 4.32. The van der Waals surface area contributed by atoms with Crippen LogP contribution in [0.1, 0.15) is 13.8 Å². The minimum Gasteiger partial charge on any atom is -0.477 e. The van der Waals surface area contributed by atoms with Crippen molar-refractivity contribution in [2.24, 2.45) is 0 Å². The number of aliphatic carboxylic acids is 1. The van der Waals surface area contributed by atoms with Crippen LogP contribution in [0.2, 0.25) is 0 Å². The van der Waals surface area contributed by atoms with Crippen molar-refractivity contribution in [1.82, 2.24) is 4.90 Å². The van der Waals surface area contributed by atoms with Gasteiger partial charge >= 0.3 is 11.9 Å². The molecule has 2 unspecified atom stereocenters. The fourth-order valence-electron chi connectivity index (χ4n) is 3.19. The molecule has 2 aliphatic rings. The number of hydrogen-bond acceptors (Lipinski definition) is 6. The molecule has 0 radical (unpaired) electrons. The number of β-lactam (4-membered cyclic amide) rings is 1. The van der Waals surface area contributed by atoms with Crippen molar-refractivity contribution in [2.45, 2.75) is 25.3 Å². The molecule has 0 spiro atoms. The zero-order valence-electron chi connectivity index (χ0n) is 14.7. The number of benzene rings is 1. The normalized spacial score (nSPS) is 21.3. The lowest BCUT2D eigenvalue weighted by Gasteiger charge is -2.52. The molecule has 1 aromatic carbocycles. The summed E-state index contributed by atoms with van der Waals surface area (Å²) in [4.78, 5) is 50.4. The number of carboxylic acid groups (broad SMARTS) is 1. The number of carbonyl (C=O) groups is 4. The van der Waals surface area contributed by atoms with Crippen molar-refractivity contribution in [3.05, 3.63) is 41.6 Å². The van der Waals surface area contributed by atoms with Crippen LogP contribution in [0.15, 0.2) is 41.6 Å². The predicted octanol–water partition coefficient (Wildman–Crippen LogP) is 1.22. The van der Waals surface area contributed by atoms with E-state index in [0.717, 1.165) is 0 Å². The molecule has 3 rings (SSSR count). The smallest absolute Gasteiger partial charge is 0.352 e. The molecule has 0 aromatic heterocycles. The topological polar surface area (TPSA) is 104 Å². The summed E-state index contributed by atoms with van der Waals surface area (Å²) in [6.45, 7) is 2.42. The summed E-state index contributed by atoms with van der Waals surface area (Å²) in [5.74, 6) is -2.27. The van der Waals surface area contributed by atoms with Crippen LogP contribution < -0.4 is 4.90 Å². The highest BCUT2D eigenvalue weighted by Gasteiger charge is 2.57. The number of fused-ring (bicyclic) bond motifs is 1. The van der Waals surface area contributed by atoms with Crippen LogP contribution >= 0.6 is 11.8 Å². The highest BCUT2D eigenvalue weighted by atomic mass is 32.2. The average Bonchev–Trinajstić information content (AvgIpc) is 2.63. The number of carboxylic acids is 1. The van der Waals surface area contributed by atoms with Crippen molar-refractivity contribution in [2.75, 3.05) is 17.3 Å². The first-order chi connectivity index (χ1) is 12.8. The van der Waals surface area contributed by atoms with E-state index in [2.05, 4.69) is 0 Å². The van der Waals surface area contributed by atoms with Crippen molar-refractivity contribution in [3.8, 4) is 0 Å². The molecule has 2 atom stereocenters. The Labute approximate surface area is 159 Å². The highest BCUT2D eigenvalue weighted by molar-refractivity contribution is 8.00. The second kappa shape index (κ2) is 7.43. The quantitative estimate of drug-likeness (QED) is 0.595. The Balaban J connectivity index is 1.91. The largest absolute Gasteiger partial charge is 0.477 e. The van der Waals surface area contributed by atoms with Crippen molar-refractivity contribution in [1.29, 1.82) is 0 Å². The molecule has 0 saturated carbocycles. The number of para-hydroxylation sites is 1. The van der Waals surface area contributed by atoms with Gasteiger partial charge in [-0.15, -0.1) is 11.8 Å². The van der Waals surface area contributed by atoms with Gasteiger partial charge in [-0.1, -0.05) is 18.2 Å². The lowest BCUT2D eigenvalue weighted by Crippen LogP contribution is -2.71. The van der Waals surface area contributed by atoms with E-state index in [-0.39, 0.29) is 18.2 Å². The second-order valence-electron chi connectivity index (χ2n) is 6.12. The first kappa shape index (κ1) is 19.0. The fourth-order valence-corrected chi connectivity index (χ4v) is 4.57.